The zero-order valence-electron chi connectivity index (χ0n) is 12.0. The summed E-state index contributed by atoms with van der Waals surface area (Å²) >= 11 is 0. The van der Waals surface area contributed by atoms with Gasteiger partial charge in [-0.25, -0.2) is 0 Å². The lowest BCUT2D eigenvalue weighted by atomic mass is 9.94. The quantitative estimate of drug-likeness (QED) is 0.910. The van der Waals surface area contributed by atoms with E-state index < -0.39 is 0 Å². The smallest absolute Gasteiger partial charge is 0.233 e. The van der Waals surface area contributed by atoms with Crippen LogP contribution < -0.4 is 10.1 Å². The third-order valence-corrected chi connectivity index (χ3v) is 4.32. The van der Waals surface area contributed by atoms with E-state index in [-0.39, 0.29) is 11.8 Å². The molecule has 0 bridgehead atoms. The van der Waals surface area contributed by atoms with Crippen LogP contribution in [0.5, 0.6) is 5.75 Å². The minimum absolute atomic E-state index is 0.112. The number of nitrogens with one attached hydrogen (secondary N) is 1. The zero-order valence-corrected chi connectivity index (χ0v) is 12.0. The molecular formula is C16H22N2O2. The fourth-order valence-electron chi connectivity index (χ4n) is 3.31. The van der Waals surface area contributed by atoms with Gasteiger partial charge in [0.1, 0.15) is 18.3 Å². The summed E-state index contributed by atoms with van der Waals surface area (Å²) < 4.78 is 5.64. The molecule has 1 saturated heterocycles. The van der Waals surface area contributed by atoms with Crippen LogP contribution in [0.25, 0.3) is 0 Å². The van der Waals surface area contributed by atoms with E-state index in [1.54, 1.807) is 0 Å². The number of nitrogens with zero attached hydrogens (tertiary/aromatic N) is 1. The van der Waals surface area contributed by atoms with Gasteiger partial charge in [-0.05, 0) is 38.4 Å². The Kier molecular flexibility index (Phi) is 3.92. The number of benzene rings is 1. The van der Waals surface area contributed by atoms with Crippen molar-refractivity contribution >= 4 is 5.91 Å². The van der Waals surface area contributed by atoms with Crippen molar-refractivity contribution in [3.63, 3.8) is 0 Å². The summed E-state index contributed by atoms with van der Waals surface area (Å²) in [4.78, 5) is 14.8. The SMILES string of the molecule is CNC[C@@H]1CCCN(C(=O)[C@H]2COc3ccccc32)C1. The van der Waals surface area contributed by atoms with E-state index in [9.17, 15) is 4.79 Å². The van der Waals surface area contributed by atoms with Gasteiger partial charge in [0.25, 0.3) is 0 Å². The summed E-state index contributed by atoms with van der Waals surface area (Å²) in [5, 5.41) is 3.22. The molecule has 108 valence electrons. The Morgan fingerprint density at radius 2 is 2.30 bits per heavy atom. The molecule has 0 saturated carbocycles. The lowest BCUT2D eigenvalue weighted by Gasteiger charge is -2.34. The summed E-state index contributed by atoms with van der Waals surface area (Å²) in [6.45, 7) is 3.24. The fourth-order valence-corrected chi connectivity index (χ4v) is 3.31. The van der Waals surface area contributed by atoms with Crippen LogP contribution in [0.4, 0.5) is 0 Å². The maximum atomic E-state index is 12.7. The number of carbonyl (C=O) groups is 1. The second-order valence-electron chi connectivity index (χ2n) is 5.75. The van der Waals surface area contributed by atoms with Gasteiger partial charge >= 0.3 is 0 Å². The van der Waals surface area contributed by atoms with Crippen molar-refractivity contribution in [2.75, 3.05) is 33.3 Å². The molecule has 3 rings (SSSR count). The van der Waals surface area contributed by atoms with E-state index in [1.165, 1.54) is 6.42 Å². The molecule has 0 radical (unpaired) electrons. The number of hydrogen-bond donors (Lipinski definition) is 1. The summed E-state index contributed by atoms with van der Waals surface area (Å²) in [6.07, 6.45) is 2.32. The summed E-state index contributed by atoms with van der Waals surface area (Å²) in [5.41, 5.74) is 1.05. The van der Waals surface area contributed by atoms with Crippen LogP contribution in [0.3, 0.4) is 0 Å². The molecule has 4 nitrogen and oxygen atoms in total. The predicted molar refractivity (Wildman–Crippen MR) is 77.9 cm³/mol. The number of likely N-dealkylation sites (tertiary alicyclic amines) is 1. The molecular weight excluding hydrogens is 252 g/mol. The van der Waals surface area contributed by atoms with Crippen molar-refractivity contribution in [2.24, 2.45) is 5.92 Å². The molecule has 2 heterocycles. The highest BCUT2D eigenvalue weighted by Gasteiger charge is 2.34. The second-order valence-corrected chi connectivity index (χ2v) is 5.75. The fraction of sp³-hybridized carbons (Fsp3) is 0.562. The number of carbonyl (C=O) groups excluding carboxylic acids is 1. The Balaban J connectivity index is 1.70. The minimum atomic E-state index is -0.112. The van der Waals surface area contributed by atoms with Gasteiger partial charge in [0.05, 0.1) is 0 Å². The number of amides is 1. The Hall–Kier alpha value is -1.55. The molecule has 1 N–H and O–H groups in total. The first-order chi connectivity index (χ1) is 9.79. The number of hydrogen-bond acceptors (Lipinski definition) is 3. The Morgan fingerprint density at radius 3 is 3.15 bits per heavy atom. The number of piperidine rings is 1. The average molecular weight is 274 g/mol. The topological polar surface area (TPSA) is 41.6 Å². The Labute approximate surface area is 120 Å². The van der Waals surface area contributed by atoms with E-state index in [4.69, 9.17) is 4.74 Å². The van der Waals surface area contributed by atoms with Crippen molar-refractivity contribution < 1.29 is 9.53 Å². The van der Waals surface area contributed by atoms with Gasteiger partial charge < -0.3 is 15.0 Å². The number of fused-ring (bicyclic) bond motifs is 1. The van der Waals surface area contributed by atoms with Crippen molar-refractivity contribution in [1.82, 2.24) is 10.2 Å². The molecule has 0 spiro atoms. The Morgan fingerprint density at radius 1 is 1.45 bits per heavy atom. The number of para-hydroxylation sites is 1. The van der Waals surface area contributed by atoms with Crippen molar-refractivity contribution in [1.29, 1.82) is 0 Å². The van der Waals surface area contributed by atoms with E-state index in [0.717, 1.165) is 37.4 Å². The Bertz CT molecular complexity index is 487. The van der Waals surface area contributed by atoms with Crippen LogP contribution in [-0.2, 0) is 4.79 Å². The van der Waals surface area contributed by atoms with Crippen molar-refractivity contribution in [2.45, 2.75) is 18.8 Å². The monoisotopic (exact) mass is 274 g/mol. The summed E-state index contributed by atoms with van der Waals surface area (Å²) in [6, 6.07) is 7.89. The zero-order chi connectivity index (χ0) is 13.9. The largest absolute Gasteiger partial charge is 0.492 e. The first kappa shape index (κ1) is 13.4. The van der Waals surface area contributed by atoms with E-state index in [0.29, 0.717) is 12.5 Å². The maximum absolute atomic E-state index is 12.7. The van der Waals surface area contributed by atoms with Crippen LogP contribution in [-0.4, -0.2) is 44.1 Å². The molecule has 2 atom stereocenters. The molecule has 1 fully saturated rings. The molecule has 2 aliphatic heterocycles. The second kappa shape index (κ2) is 5.83. The third-order valence-electron chi connectivity index (χ3n) is 4.32. The highest BCUT2D eigenvalue weighted by atomic mass is 16.5. The van der Waals surface area contributed by atoms with Crippen LogP contribution in [0, 0.1) is 5.92 Å². The highest BCUT2D eigenvalue weighted by molar-refractivity contribution is 5.85. The van der Waals surface area contributed by atoms with Gasteiger partial charge in [0.2, 0.25) is 5.91 Å². The molecule has 20 heavy (non-hydrogen) atoms. The van der Waals surface area contributed by atoms with Crippen LogP contribution in [0.15, 0.2) is 24.3 Å². The highest BCUT2D eigenvalue weighted by Crippen LogP contribution is 2.35. The average Bonchev–Trinajstić information content (AvgIpc) is 2.91. The van der Waals surface area contributed by atoms with Crippen molar-refractivity contribution in [3.05, 3.63) is 29.8 Å². The summed E-state index contributed by atoms with van der Waals surface area (Å²) in [5.74, 6) is 1.57. The van der Waals surface area contributed by atoms with Crippen LogP contribution in [0.1, 0.15) is 24.3 Å². The molecule has 1 aromatic carbocycles. The molecule has 2 aliphatic rings. The van der Waals surface area contributed by atoms with Gasteiger partial charge in [0.15, 0.2) is 0 Å². The lowest BCUT2D eigenvalue weighted by Crippen LogP contribution is -2.44. The van der Waals surface area contributed by atoms with E-state index in [1.807, 2.05) is 36.2 Å². The van der Waals surface area contributed by atoms with Gasteiger partial charge in [-0.15, -0.1) is 0 Å². The van der Waals surface area contributed by atoms with Gasteiger partial charge in [-0.3, -0.25) is 4.79 Å². The van der Waals surface area contributed by atoms with Gasteiger partial charge in [-0.1, -0.05) is 18.2 Å². The third kappa shape index (κ3) is 2.52. The molecule has 1 aromatic rings. The lowest BCUT2D eigenvalue weighted by molar-refractivity contribution is -0.134. The van der Waals surface area contributed by atoms with Crippen LogP contribution >= 0.6 is 0 Å². The normalized spacial score (nSPS) is 25.1. The molecule has 0 aliphatic carbocycles. The predicted octanol–water partition coefficient (Wildman–Crippen LogP) is 1.62. The standard InChI is InChI=1S/C16H22N2O2/c1-17-9-12-5-4-8-18(10-12)16(19)14-11-20-15-7-3-2-6-13(14)15/h2-3,6-7,12,14,17H,4-5,8-11H2,1H3/t12-,14-/m0/s1. The molecule has 4 heteroatoms. The molecule has 0 aromatic heterocycles. The number of rotatable bonds is 3. The van der Waals surface area contributed by atoms with Gasteiger partial charge in [0, 0.05) is 18.7 Å². The first-order valence-electron chi connectivity index (χ1n) is 7.44. The maximum Gasteiger partial charge on any atom is 0.233 e. The van der Waals surface area contributed by atoms with Gasteiger partial charge in [-0.2, -0.15) is 0 Å². The molecule has 1 amide bonds. The van der Waals surface area contributed by atoms with Crippen molar-refractivity contribution in [3.8, 4) is 5.75 Å². The number of ether oxygens (including phenoxy) is 1. The summed E-state index contributed by atoms with van der Waals surface area (Å²) in [7, 11) is 1.97. The van der Waals surface area contributed by atoms with E-state index in [2.05, 4.69) is 5.32 Å². The first-order valence-corrected chi connectivity index (χ1v) is 7.44. The van der Waals surface area contributed by atoms with E-state index >= 15 is 0 Å². The van der Waals surface area contributed by atoms with Crippen LogP contribution in [0.2, 0.25) is 0 Å². The minimum Gasteiger partial charge on any atom is -0.492 e. The molecule has 0 unspecified atom stereocenters.